The lowest BCUT2D eigenvalue weighted by Gasteiger charge is -2.26. The monoisotopic (exact) mass is 484 g/mol. The van der Waals surface area contributed by atoms with Crippen molar-refractivity contribution in [1.29, 1.82) is 0 Å². The van der Waals surface area contributed by atoms with Gasteiger partial charge in [-0.1, -0.05) is 6.42 Å². The van der Waals surface area contributed by atoms with Gasteiger partial charge in [-0.25, -0.2) is 13.2 Å². The van der Waals surface area contributed by atoms with Gasteiger partial charge in [-0.05, 0) is 67.4 Å². The number of furan rings is 1. The van der Waals surface area contributed by atoms with Gasteiger partial charge in [-0.2, -0.15) is 4.31 Å². The molecule has 2 aromatic carbocycles. The standard InChI is InChI=1S/C24H24N2O7S/c1-31-24(28)17-7-9-18(10-8-17)33-21-12-11-19(34(29,30)26-13-3-2-4-14-26)16-20(21)25-23(27)22-6-5-15-32-22/h5-12,15-16H,2-4,13-14H2,1H3,(H,25,27). The number of carbonyl (C=O) groups excluding carboxylic acids is 2. The van der Waals surface area contributed by atoms with Crippen LogP contribution in [0.3, 0.4) is 0 Å². The van der Waals surface area contributed by atoms with Crippen molar-refractivity contribution < 1.29 is 31.9 Å². The van der Waals surface area contributed by atoms with E-state index < -0.39 is 21.9 Å². The summed E-state index contributed by atoms with van der Waals surface area (Å²) in [5.74, 6) is -0.359. The predicted octanol–water partition coefficient (Wildman–Crippen LogP) is 4.29. The van der Waals surface area contributed by atoms with Crippen LogP contribution in [0.15, 0.2) is 70.2 Å². The molecule has 1 aliphatic heterocycles. The molecular weight excluding hydrogens is 460 g/mol. The molecule has 3 aromatic rings. The van der Waals surface area contributed by atoms with Crippen molar-refractivity contribution in [3.8, 4) is 11.5 Å². The summed E-state index contributed by atoms with van der Waals surface area (Å²) < 4.78 is 43.5. The zero-order valence-corrected chi connectivity index (χ0v) is 19.3. The number of esters is 1. The lowest BCUT2D eigenvalue weighted by atomic mass is 10.2. The van der Waals surface area contributed by atoms with Crippen molar-refractivity contribution in [3.63, 3.8) is 0 Å². The summed E-state index contributed by atoms with van der Waals surface area (Å²) in [6.45, 7) is 0.919. The third-order valence-corrected chi connectivity index (χ3v) is 7.29. The average Bonchev–Trinajstić information content (AvgIpc) is 3.41. The van der Waals surface area contributed by atoms with Gasteiger partial charge in [-0.3, -0.25) is 4.79 Å². The van der Waals surface area contributed by atoms with E-state index in [9.17, 15) is 18.0 Å². The van der Waals surface area contributed by atoms with E-state index in [0.717, 1.165) is 19.3 Å². The third kappa shape index (κ3) is 5.13. The molecule has 0 atom stereocenters. The topological polar surface area (TPSA) is 115 Å². The molecule has 1 saturated heterocycles. The van der Waals surface area contributed by atoms with Crippen LogP contribution in [-0.4, -0.2) is 44.8 Å². The number of sulfonamides is 1. The predicted molar refractivity (Wildman–Crippen MR) is 124 cm³/mol. The van der Waals surface area contributed by atoms with Crippen LogP contribution in [0.4, 0.5) is 5.69 Å². The van der Waals surface area contributed by atoms with Gasteiger partial charge in [0.25, 0.3) is 5.91 Å². The fourth-order valence-corrected chi connectivity index (χ4v) is 5.15. The number of amides is 1. The molecule has 4 rings (SSSR count). The number of piperidine rings is 1. The summed E-state index contributed by atoms with van der Waals surface area (Å²) in [5, 5.41) is 2.67. The second-order valence-corrected chi connectivity index (χ2v) is 9.61. The number of carbonyl (C=O) groups is 2. The summed E-state index contributed by atoms with van der Waals surface area (Å²) in [7, 11) is -2.44. The number of nitrogens with zero attached hydrogens (tertiary/aromatic N) is 1. The average molecular weight is 485 g/mol. The van der Waals surface area contributed by atoms with Crippen molar-refractivity contribution in [1.82, 2.24) is 4.31 Å². The second-order valence-electron chi connectivity index (χ2n) is 7.67. The highest BCUT2D eigenvalue weighted by Crippen LogP contribution is 2.34. The van der Waals surface area contributed by atoms with E-state index in [1.807, 2.05) is 0 Å². The summed E-state index contributed by atoms with van der Waals surface area (Å²) in [6.07, 6.45) is 3.98. The van der Waals surface area contributed by atoms with Crippen molar-refractivity contribution in [3.05, 3.63) is 72.2 Å². The Morgan fingerprint density at radius 2 is 1.74 bits per heavy atom. The van der Waals surface area contributed by atoms with Crippen LogP contribution in [-0.2, 0) is 14.8 Å². The first-order chi connectivity index (χ1) is 16.4. The molecule has 0 saturated carbocycles. The highest BCUT2D eigenvalue weighted by molar-refractivity contribution is 7.89. The molecule has 1 aromatic heterocycles. The van der Waals surface area contributed by atoms with Gasteiger partial charge < -0.3 is 19.2 Å². The quantitative estimate of drug-likeness (QED) is 0.498. The zero-order valence-electron chi connectivity index (χ0n) is 18.5. The van der Waals surface area contributed by atoms with E-state index in [1.54, 1.807) is 18.2 Å². The van der Waals surface area contributed by atoms with Gasteiger partial charge in [0, 0.05) is 13.1 Å². The molecule has 1 N–H and O–H groups in total. The maximum atomic E-state index is 13.2. The number of ether oxygens (including phenoxy) is 2. The number of benzene rings is 2. The van der Waals surface area contributed by atoms with Gasteiger partial charge in [-0.15, -0.1) is 0 Å². The van der Waals surface area contributed by atoms with Crippen LogP contribution < -0.4 is 10.1 Å². The normalized spacial score (nSPS) is 14.4. The zero-order chi connectivity index (χ0) is 24.1. The Bertz CT molecular complexity index is 1260. The molecule has 0 radical (unpaired) electrons. The lowest BCUT2D eigenvalue weighted by molar-refractivity contribution is 0.0600. The molecule has 178 valence electrons. The molecule has 9 nitrogen and oxygen atoms in total. The molecule has 1 amide bonds. The van der Waals surface area contributed by atoms with Crippen LogP contribution in [0.2, 0.25) is 0 Å². The van der Waals surface area contributed by atoms with E-state index in [-0.39, 0.29) is 22.1 Å². The van der Waals surface area contributed by atoms with Gasteiger partial charge in [0.05, 0.1) is 29.5 Å². The molecule has 0 spiro atoms. The lowest BCUT2D eigenvalue weighted by Crippen LogP contribution is -2.35. The maximum Gasteiger partial charge on any atom is 0.337 e. The minimum absolute atomic E-state index is 0.0533. The molecule has 34 heavy (non-hydrogen) atoms. The number of anilines is 1. The first kappa shape index (κ1) is 23.5. The molecule has 0 bridgehead atoms. The minimum atomic E-state index is -3.73. The van der Waals surface area contributed by atoms with E-state index in [1.165, 1.54) is 54.1 Å². The highest BCUT2D eigenvalue weighted by Gasteiger charge is 2.27. The number of methoxy groups -OCH3 is 1. The Morgan fingerprint density at radius 1 is 1.00 bits per heavy atom. The Labute approximate surface area is 197 Å². The molecule has 0 aliphatic carbocycles. The van der Waals surface area contributed by atoms with Crippen molar-refractivity contribution in [2.24, 2.45) is 0 Å². The van der Waals surface area contributed by atoms with E-state index >= 15 is 0 Å². The number of hydrogen-bond donors (Lipinski definition) is 1. The van der Waals surface area contributed by atoms with E-state index in [2.05, 4.69) is 5.32 Å². The number of rotatable bonds is 7. The fraction of sp³-hybridized carbons (Fsp3) is 0.250. The molecule has 1 aliphatic rings. The summed E-state index contributed by atoms with van der Waals surface area (Å²) in [4.78, 5) is 24.3. The van der Waals surface area contributed by atoms with Crippen molar-refractivity contribution in [2.45, 2.75) is 24.2 Å². The van der Waals surface area contributed by atoms with Crippen LogP contribution in [0, 0.1) is 0 Å². The number of nitrogens with one attached hydrogen (secondary N) is 1. The van der Waals surface area contributed by atoms with Gasteiger partial charge in [0.15, 0.2) is 11.5 Å². The van der Waals surface area contributed by atoms with Crippen molar-refractivity contribution >= 4 is 27.6 Å². The fourth-order valence-electron chi connectivity index (χ4n) is 3.61. The Hall–Kier alpha value is -3.63. The molecule has 10 heteroatoms. The van der Waals surface area contributed by atoms with Crippen LogP contribution >= 0.6 is 0 Å². The first-order valence-electron chi connectivity index (χ1n) is 10.7. The van der Waals surface area contributed by atoms with Gasteiger partial charge in [0.2, 0.25) is 10.0 Å². The summed E-state index contributed by atoms with van der Waals surface area (Å²) in [5.41, 5.74) is 0.515. The molecular formula is C24H24N2O7S. The van der Waals surface area contributed by atoms with Crippen LogP contribution in [0.5, 0.6) is 11.5 Å². The van der Waals surface area contributed by atoms with Gasteiger partial charge >= 0.3 is 5.97 Å². The smallest absolute Gasteiger partial charge is 0.337 e. The molecule has 0 unspecified atom stereocenters. The maximum absolute atomic E-state index is 13.2. The highest BCUT2D eigenvalue weighted by atomic mass is 32.2. The van der Waals surface area contributed by atoms with E-state index in [0.29, 0.717) is 24.4 Å². The van der Waals surface area contributed by atoms with E-state index in [4.69, 9.17) is 13.9 Å². The Balaban J connectivity index is 1.66. The Morgan fingerprint density at radius 3 is 2.38 bits per heavy atom. The summed E-state index contributed by atoms with van der Waals surface area (Å²) in [6, 6.07) is 13.6. The van der Waals surface area contributed by atoms with Crippen LogP contribution in [0.1, 0.15) is 40.2 Å². The molecule has 1 fully saturated rings. The first-order valence-corrected chi connectivity index (χ1v) is 12.2. The van der Waals surface area contributed by atoms with Gasteiger partial charge in [0.1, 0.15) is 5.75 Å². The van der Waals surface area contributed by atoms with Crippen LogP contribution in [0.25, 0.3) is 0 Å². The Kier molecular flexibility index (Phi) is 6.99. The van der Waals surface area contributed by atoms with Crippen molar-refractivity contribution in [2.75, 3.05) is 25.5 Å². The number of hydrogen-bond acceptors (Lipinski definition) is 7. The second kappa shape index (κ2) is 10.1. The minimum Gasteiger partial charge on any atom is -0.465 e. The third-order valence-electron chi connectivity index (χ3n) is 5.40. The molecule has 2 heterocycles. The SMILES string of the molecule is COC(=O)c1ccc(Oc2ccc(S(=O)(=O)N3CCCCC3)cc2NC(=O)c2ccco2)cc1. The summed E-state index contributed by atoms with van der Waals surface area (Å²) >= 11 is 0. The largest absolute Gasteiger partial charge is 0.465 e.